The standard InChI is InChI=1S/C47H56N8O8/c1-5-6-8-31-12-15-38(55(31)44(56)26(2)49-46(58)60-3)42-48-24-36(51-42)29-10-13-32-30(21-29)25-63-39-23-33-28(22-34(32)39)11-14-35-41(33)52-43(50-35)37-9-7-18-54(37)45(57)40(53-47(59)61-4)27-16-19-62-20-17-27/h10-11,13-14,21-24,26-27,31,37-38,40H,5-9,12,15-20,25H2,1-4H3,(H,48,51)(H,49,58)(H,50,52)(H,53,59). The number of hydrogen-bond donors (Lipinski definition) is 4. The molecular formula is C47H56N8O8. The van der Waals surface area contributed by atoms with Gasteiger partial charge in [0.05, 0.1) is 49.2 Å². The van der Waals surface area contributed by atoms with Gasteiger partial charge in [-0.2, -0.15) is 0 Å². The first-order valence-electron chi connectivity index (χ1n) is 22.3. The Kier molecular flexibility index (Phi) is 12.0. The average molecular weight is 861 g/mol. The number of fused-ring (bicyclic) bond motifs is 6. The fraction of sp³-hybridized carbons (Fsp3) is 0.489. The van der Waals surface area contributed by atoms with Crippen LogP contribution >= 0.6 is 0 Å². The first-order chi connectivity index (χ1) is 30.6. The van der Waals surface area contributed by atoms with Crippen LogP contribution in [0.15, 0.2) is 48.7 Å². The van der Waals surface area contributed by atoms with Crippen LogP contribution in [0.5, 0.6) is 5.75 Å². The fourth-order valence-corrected chi connectivity index (χ4v) is 10.1. The molecule has 0 saturated carbocycles. The maximum Gasteiger partial charge on any atom is 0.407 e. The highest BCUT2D eigenvalue weighted by Gasteiger charge is 2.42. The molecule has 0 aliphatic carbocycles. The van der Waals surface area contributed by atoms with E-state index in [0.29, 0.717) is 39.2 Å². The molecule has 5 aromatic rings. The Balaban J connectivity index is 0.955. The number of hydrogen-bond acceptors (Lipinski definition) is 10. The van der Waals surface area contributed by atoms with Crippen molar-refractivity contribution in [3.05, 3.63) is 65.9 Å². The average Bonchev–Trinajstić information content (AvgIpc) is 4.15. The van der Waals surface area contributed by atoms with Crippen LogP contribution in [0.3, 0.4) is 0 Å². The van der Waals surface area contributed by atoms with Crippen LogP contribution in [-0.4, -0.2) is 106 Å². The van der Waals surface area contributed by atoms with Crippen LogP contribution in [0.2, 0.25) is 0 Å². The van der Waals surface area contributed by atoms with E-state index in [1.165, 1.54) is 14.2 Å². The van der Waals surface area contributed by atoms with Crippen LogP contribution in [-0.2, 0) is 30.4 Å². The highest BCUT2D eigenvalue weighted by atomic mass is 16.5. The first-order valence-corrected chi connectivity index (χ1v) is 22.3. The SMILES string of the molecule is CCCCC1CCC(c2ncc(-c3ccc4c(c3)COc3cc5c(ccc6[nH]c(C7CCCN7C(=O)C(NC(=O)OC)C7CCOCC7)nc65)cc3-4)[nH]2)N1C(=O)C(C)NC(=O)OC. The molecule has 0 spiro atoms. The van der Waals surface area contributed by atoms with Crippen LogP contribution < -0.4 is 15.4 Å². The molecule has 6 heterocycles. The summed E-state index contributed by atoms with van der Waals surface area (Å²) in [7, 11) is 2.60. The number of unbranched alkanes of at least 4 members (excludes halogenated alkanes) is 1. The van der Waals surface area contributed by atoms with Crippen molar-refractivity contribution < 1.29 is 38.1 Å². The second kappa shape index (κ2) is 17.9. The molecule has 0 radical (unpaired) electrons. The summed E-state index contributed by atoms with van der Waals surface area (Å²) in [4.78, 5) is 73.1. The minimum atomic E-state index is -0.736. The number of imidazole rings is 2. The minimum Gasteiger partial charge on any atom is -0.488 e. The number of aromatic nitrogens is 4. The molecule has 4 aliphatic rings. The Hall–Kier alpha value is -6.16. The number of amides is 4. The molecule has 5 atom stereocenters. The molecule has 16 nitrogen and oxygen atoms in total. The molecule has 4 aliphatic heterocycles. The Labute approximate surface area is 365 Å². The van der Waals surface area contributed by atoms with Crippen molar-refractivity contribution in [1.29, 1.82) is 0 Å². The molecule has 4 N–H and O–H groups in total. The molecular weight excluding hydrogens is 805 g/mol. The predicted molar refractivity (Wildman–Crippen MR) is 235 cm³/mol. The van der Waals surface area contributed by atoms with E-state index in [-0.39, 0.29) is 35.9 Å². The third-order valence-electron chi connectivity index (χ3n) is 13.4. The van der Waals surface area contributed by atoms with Crippen molar-refractivity contribution in [3.8, 4) is 28.1 Å². The van der Waals surface area contributed by atoms with Crippen molar-refractivity contribution in [2.24, 2.45) is 5.92 Å². The van der Waals surface area contributed by atoms with Gasteiger partial charge in [-0.15, -0.1) is 0 Å². The number of carbonyl (C=O) groups excluding carboxylic acids is 4. The van der Waals surface area contributed by atoms with Gasteiger partial charge in [0, 0.05) is 36.8 Å². The lowest BCUT2D eigenvalue weighted by molar-refractivity contribution is -0.137. The first kappa shape index (κ1) is 42.2. The van der Waals surface area contributed by atoms with Crippen LogP contribution in [0, 0.1) is 5.92 Å². The summed E-state index contributed by atoms with van der Waals surface area (Å²) in [5.41, 5.74) is 6.62. The minimum absolute atomic E-state index is 0.0451. The summed E-state index contributed by atoms with van der Waals surface area (Å²) in [6.07, 6.45) is 8.10. The van der Waals surface area contributed by atoms with Crippen molar-refractivity contribution >= 4 is 45.8 Å². The summed E-state index contributed by atoms with van der Waals surface area (Å²) in [6.45, 7) is 5.89. The molecule has 332 valence electrons. The summed E-state index contributed by atoms with van der Waals surface area (Å²) >= 11 is 0. The van der Waals surface area contributed by atoms with E-state index in [4.69, 9.17) is 28.9 Å². The van der Waals surface area contributed by atoms with Crippen molar-refractivity contribution in [2.45, 2.75) is 108 Å². The quantitative estimate of drug-likeness (QED) is 0.104. The van der Waals surface area contributed by atoms with Gasteiger partial charge in [0.25, 0.3) is 0 Å². The number of nitrogens with zero attached hydrogens (tertiary/aromatic N) is 4. The van der Waals surface area contributed by atoms with Crippen molar-refractivity contribution in [3.63, 3.8) is 0 Å². The van der Waals surface area contributed by atoms with Gasteiger partial charge in [0.15, 0.2) is 0 Å². The largest absolute Gasteiger partial charge is 0.488 e. The van der Waals surface area contributed by atoms with E-state index in [9.17, 15) is 19.2 Å². The third-order valence-corrected chi connectivity index (χ3v) is 13.4. The maximum absolute atomic E-state index is 14.2. The zero-order chi connectivity index (χ0) is 43.8. The van der Waals surface area contributed by atoms with Gasteiger partial charge in [-0.3, -0.25) is 9.59 Å². The second-order valence-corrected chi connectivity index (χ2v) is 17.2. The number of carbonyl (C=O) groups is 4. The molecule has 3 aromatic carbocycles. The molecule has 9 rings (SSSR count). The van der Waals surface area contributed by atoms with Gasteiger partial charge < -0.3 is 49.3 Å². The van der Waals surface area contributed by atoms with Gasteiger partial charge in [0.1, 0.15) is 36.1 Å². The predicted octanol–water partition coefficient (Wildman–Crippen LogP) is 7.45. The summed E-state index contributed by atoms with van der Waals surface area (Å²) in [5.74, 6) is 1.90. The Morgan fingerprint density at radius 3 is 2.49 bits per heavy atom. The van der Waals surface area contributed by atoms with Crippen LogP contribution in [0.25, 0.3) is 44.2 Å². The molecule has 16 heteroatoms. The van der Waals surface area contributed by atoms with E-state index in [1.807, 2.05) is 22.1 Å². The summed E-state index contributed by atoms with van der Waals surface area (Å²) in [5, 5.41) is 7.45. The van der Waals surface area contributed by atoms with E-state index in [1.54, 1.807) is 6.92 Å². The third kappa shape index (κ3) is 8.16. The maximum atomic E-state index is 14.2. The number of aromatic amines is 2. The van der Waals surface area contributed by atoms with Crippen LogP contribution in [0.1, 0.15) is 101 Å². The van der Waals surface area contributed by atoms with Gasteiger partial charge >= 0.3 is 12.2 Å². The normalized spacial score (nSPS) is 20.8. The molecule has 2 aromatic heterocycles. The lowest BCUT2D eigenvalue weighted by Gasteiger charge is -2.34. The van der Waals surface area contributed by atoms with Crippen LogP contribution in [0.4, 0.5) is 9.59 Å². The lowest BCUT2D eigenvalue weighted by atomic mass is 9.90. The molecule has 0 bridgehead atoms. The Morgan fingerprint density at radius 1 is 0.889 bits per heavy atom. The number of rotatable bonds is 11. The topological polar surface area (TPSA) is 193 Å². The number of methoxy groups -OCH3 is 2. The van der Waals surface area contributed by atoms with E-state index >= 15 is 0 Å². The second-order valence-electron chi connectivity index (χ2n) is 17.2. The summed E-state index contributed by atoms with van der Waals surface area (Å²) in [6, 6.07) is 12.8. The Morgan fingerprint density at radius 2 is 1.70 bits per heavy atom. The molecule has 5 unspecified atom stereocenters. The number of benzene rings is 3. The van der Waals surface area contributed by atoms with Gasteiger partial charge in [-0.1, -0.05) is 38.0 Å². The van der Waals surface area contributed by atoms with E-state index < -0.39 is 24.3 Å². The number of likely N-dealkylation sites (tertiary alicyclic amines) is 2. The van der Waals surface area contributed by atoms with E-state index in [2.05, 4.69) is 63.9 Å². The zero-order valence-electron chi connectivity index (χ0n) is 36.3. The van der Waals surface area contributed by atoms with Crippen molar-refractivity contribution in [2.75, 3.05) is 34.0 Å². The highest BCUT2D eigenvalue weighted by Crippen LogP contribution is 2.44. The summed E-state index contributed by atoms with van der Waals surface area (Å²) < 4.78 is 21.7. The molecule has 3 fully saturated rings. The smallest absolute Gasteiger partial charge is 0.407 e. The zero-order valence-corrected chi connectivity index (χ0v) is 36.3. The van der Waals surface area contributed by atoms with E-state index in [0.717, 1.165) is 112 Å². The lowest BCUT2D eigenvalue weighted by Crippen LogP contribution is -2.53. The highest BCUT2D eigenvalue weighted by molar-refractivity contribution is 6.07. The van der Waals surface area contributed by atoms with Gasteiger partial charge in [-0.05, 0) is 104 Å². The number of nitrogens with one attached hydrogen (secondary N) is 4. The van der Waals surface area contributed by atoms with Gasteiger partial charge in [0.2, 0.25) is 11.8 Å². The number of ether oxygens (including phenoxy) is 4. The number of H-pyrrole nitrogens is 2. The monoisotopic (exact) mass is 860 g/mol. The Bertz CT molecular complexity index is 2530. The molecule has 63 heavy (non-hydrogen) atoms. The fourth-order valence-electron chi connectivity index (χ4n) is 10.1. The molecule has 3 saturated heterocycles. The van der Waals surface area contributed by atoms with Gasteiger partial charge in [-0.25, -0.2) is 19.6 Å². The molecule has 4 amide bonds. The van der Waals surface area contributed by atoms with Crippen molar-refractivity contribution in [1.82, 2.24) is 40.4 Å². The number of alkyl carbamates (subject to hydrolysis) is 2.